The van der Waals surface area contributed by atoms with E-state index in [0.29, 0.717) is 18.5 Å². The van der Waals surface area contributed by atoms with E-state index in [1.54, 1.807) is 38.1 Å². The summed E-state index contributed by atoms with van der Waals surface area (Å²) >= 11 is 0. The molecule has 0 fully saturated rings. The molecule has 0 aliphatic heterocycles. The van der Waals surface area contributed by atoms with Crippen molar-refractivity contribution in [2.45, 2.75) is 13.8 Å². The van der Waals surface area contributed by atoms with Crippen molar-refractivity contribution in [3.63, 3.8) is 0 Å². The molecule has 0 aromatic heterocycles. The standard InChI is InChI=1S/C11H17N2O3P/c1-3-15-17(14,16-4-2)11-7-5-10(6-8-11)9-13-12/h5-9H,3-4,12H2,1-2H3. The van der Waals surface area contributed by atoms with Crippen LogP contribution in [0.5, 0.6) is 0 Å². The largest absolute Gasteiger partial charge is 0.361 e. The maximum Gasteiger partial charge on any atom is 0.361 e. The van der Waals surface area contributed by atoms with E-state index in [4.69, 9.17) is 14.9 Å². The highest BCUT2D eigenvalue weighted by Crippen LogP contribution is 2.46. The minimum atomic E-state index is -3.19. The Balaban J connectivity index is 2.99. The molecule has 0 saturated heterocycles. The molecule has 0 heterocycles. The third-order valence-corrected chi connectivity index (χ3v) is 4.16. The first-order valence-electron chi connectivity index (χ1n) is 5.39. The van der Waals surface area contributed by atoms with E-state index in [2.05, 4.69) is 5.10 Å². The monoisotopic (exact) mass is 256 g/mol. The molecule has 0 unspecified atom stereocenters. The van der Waals surface area contributed by atoms with Crippen LogP contribution in [0.2, 0.25) is 0 Å². The van der Waals surface area contributed by atoms with Crippen molar-refractivity contribution in [3.05, 3.63) is 29.8 Å². The quantitative estimate of drug-likeness (QED) is 0.365. The number of nitrogens with two attached hydrogens (primary N) is 1. The predicted molar refractivity (Wildman–Crippen MR) is 68.7 cm³/mol. The van der Waals surface area contributed by atoms with Gasteiger partial charge in [-0.05, 0) is 31.5 Å². The smallest absolute Gasteiger partial charge is 0.323 e. The van der Waals surface area contributed by atoms with Gasteiger partial charge in [0.15, 0.2) is 0 Å². The molecular weight excluding hydrogens is 239 g/mol. The van der Waals surface area contributed by atoms with Crippen molar-refractivity contribution in [1.29, 1.82) is 0 Å². The fraction of sp³-hybridized carbons (Fsp3) is 0.364. The maximum absolute atomic E-state index is 12.4. The summed E-state index contributed by atoms with van der Waals surface area (Å²) in [5, 5.41) is 3.95. The minimum Gasteiger partial charge on any atom is -0.323 e. The van der Waals surface area contributed by atoms with Crippen molar-refractivity contribution in [2.75, 3.05) is 13.2 Å². The van der Waals surface area contributed by atoms with E-state index in [1.165, 1.54) is 6.21 Å². The van der Waals surface area contributed by atoms with Crippen molar-refractivity contribution in [2.24, 2.45) is 10.9 Å². The molecule has 1 aromatic carbocycles. The third kappa shape index (κ3) is 3.66. The second-order valence-electron chi connectivity index (χ2n) is 3.20. The third-order valence-electron chi connectivity index (χ3n) is 2.03. The van der Waals surface area contributed by atoms with Crippen LogP contribution in [0, 0.1) is 0 Å². The van der Waals surface area contributed by atoms with Crippen LogP contribution >= 0.6 is 7.60 Å². The molecule has 2 N–H and O–H groups in total. The molecule has 0 spiro atoms. The van der Waals surface area contributed by atoms with Gasteiger partial charge in [-0.3, -0.25) is 4.57 Å². The molecule has 0 atom stereocenters. The predicted octanol–water partition coefficient (Wildman–Crippen LogP) is 1.87. The summed E-state index contributed by atoms with van der Waals surface area (Å²) in [7, 11) is -3.19. The SMILES string of the molecule is CCOP(=O)(OCC)c1ccc(C=NN)cc1. The van der Waals surface area contributed by atoms with E-state index in [-0.39, 0.29) is 0 Å². The van der Waals surface area contributed by atoms with Gasteiger partial charge in [0.25, 0.3) is 0 Å². The van der Waals surface area contributed by atoms with E-state index in [1.807, 2.05) is 0 Å². The molecule has 5 nitrogen and oxygen atoms in total. The zero-order chi connectivity index (χ0) is 12.7. The number of nitrogens with zero attached hydrogens (tertiary/aromatic N) is 1. The zero-order valence-corrected chi connectivity index (χ0v) is 10.9. The summed E-state index contributed by atoms with van der Waals surface area (Å²) in [5.41, 5.74) is 0.829. The van der Waals surface area contributed by atoms with Gasteiger partial charge in [-0.15, -0.1) is 0 Å². The Morgan fingerprint density at radius 1 is 1.24 bits per heavy atom. The second kappa shape index (κ2) is 6.55. The molecule has 1 rings (SSSR count). The lowest BCUT2D eigenvalue weighted by Gasteiger charge is -2.16. The Morgan fingerprint density at radius 2 is 1.76 bits per heavy atom. The molecule has 0 radical (unpaired) electrons. The molecular formula is C11H17N2O3P. The zero-order valence-electron chi connectivity index (χ0n) is 10.00. The van der Waals surface area contributed by atoms with E-state index >= 15 is 0 Å². The average Bonchev–Trinajstić information content (AvgIpc) is 2.31. The van der Waals surface area contributed by atoms with Gasteiger partial charge in [0.1, 0.15) is 0 Å². The van der Waals surface area contributed by atoms with Crippen LogP contribution in [-0.4, -0.2) is 19.4 Å². The topological polar surface area (TPSA) is 73.9 Å². The number of rotatable bonds is 6. The Labute approximate surface area is 101 Å². The molecule has 17 heavy (non-hydrogen) atoms. The number of benzene rings is 1. The molecule has 0 aliphatic rings. The van der Waals surface area contributed by atoms with Gasteiger partial charge in [0.2, 0.25) is 0 Å². The lowest BCUT2D eigenvalue weighted by molar-refractivity contribution is 0.230. The lowest BCUT2D eigenvalue weighted by Crippen LogP contribution is -2.10. The first-order chi connectivity index (χ1) is 8.16. The Kier molecular flexibility index (Phi) is 5.35. The van der Waals surface area contributed by atoms with Gasteiger partial charge >= 0.3 is 7.60 Å². The van der Waals surface area contributed by atoms with Crippen LogP contribution < -0.4 is 11.1 Å². The normalized spacial score (nSPS) is 12.1. The number of hydrogen-bond acceptors (Lipinski definition) is 5. The van der Waals surface area contributed by atoms with Gasteiger partial charge in [-0.1, -0.05) is 12.1 Å². The van der Waals surface area contributed by atoms with Crippen molar-refractivity contribution in [1.82, 2.24) is 0 Å². The molecule has 94 valence electrons. The lowest BCUT2D eigenvalue weighted by atomic mass is 10.2. The van der Waals surface area contributed by atoms with Crippen molar-refractivity contribution < 1.29 is 13.6 Å². The van der Waals surface area contributed by atoms with E-state index in [9.17, 15) is 4.57 Å². The highest BCUT2D eigenvalue weighted by Gasteiger charge is 2.26. The Hall–Kier alpha value is -1.16. The molecule has 1 aromatic rings. The van der Waals surface area contributed by atoms with Crippen LogP contribution in [0.25, 0.3) is 0 Å². The summed E-state index contributed by atoms with van der Waals surface area (Å²) < 4.78 is 22.8. The summed E-state index contributed by atoms with van der Waals surface area (Å²) in [6.45, 7) is 4.23. The van der Waals surface area contributed by atoms with Crippen LogP contribution in [0.3, 0.4) is 0 Å². The van der Waals surface area contributed by atoms with Crippen LogP contribution in [-0.2, 0) is 13.6 Å². The first-order valence-corrected chi connectivity index (χ1v) is 6.93. The number of hydrogen-bond donors (Lipinski definition) is 1. The van der Waals surface area contributed by atoms with Crippen molar-refractivity contribution >= 4 is 19.1 Å². The molecule has 0 amide bonds. The van der Waals surface area contributed by atoms with Gasteiger partial charge in [-0.25, -0.2) is 0 Å². The Morgan fingerprint density at radius 3 is 2.18 bits per heavy atom. The molecule has 0 aliphatic carbocycles. The highest BCUT2D eigenvalue weighted by atomic mass is 31.2. The van der Waals surface area contributed by atoms with E-state index < -0.39 is 7.60 Å². The fourth-order valence-corrected chi connectivity index (χ4v) is 2.92. The average molecular weight is 256 g/mol. The van der Waals surface area contributed by atoms with Gasteiger partial charge < -0.3 is 14.9 Å². The van der Waals surface area contributed by atoms with Crippen molar-refractivity contribution in [3.8, 4) is 0 Å². The molecule has 0 bridgehead atoms. The summed E-state index contributed by atoms with van der Waals surface area (Å²) in [6, 6.07) is 6.92. The minimum absolute atomic E-state index is 0.337. The first kappa shape index (κ1) is 13.9. The fourth-order valence-electron chi connectivity index (χ4n) is 1.36. The van der Waals surface area contributed by atoms with Gasteiger partial charge in [-0.2, -0.15) is 5.10 Å². The van der Waals surface area contributed by atoms with Gasteiger partial charge in [0, 0.05) is 0 Å². The number of hydrazone groups is 1. The summed E-state index contributed by atoms with van der Waals surface area (Å²) in [4.78, 5) is 0. The molecule has 6 heteroatoms. The van der Waals surface area contributed by atoms with Crippen LogP contribution in [0.4, 0.5) is 0 Å². The highest BCUT2D eigenvalue weighted by molar-refractivity contribution is 7.62. The molecule has 0 saturated carbocycles. The van der Waals surface area contributed by atoms with E-state index in [0.717, 1.165) is 5.56 Å². The van der Waals surface area contributed by atoms with Crippen LogP contribution in [0.15, 0.2) is 29.4 Å². The second-order valence-corrected chi connectivity index (χ2v) is 5.23. The van der Waals surface area contributed by atoms with Crippen LogP contribution in [0.1, 0.15) is 19.4 Å². The summed E-state index contributed by atoms with van der Waals surface area (Å²) in [6.07, 6.45) is 1.51. The Bertz CT molecular complexity index is 407. The maximum atomic E-state index is 12.4. The summed E-state index contributed by atoms with van der Waals surface area (Å²) in [5.74, 6) is 5.05. The van der Waals surface area contributed by atoms with Gasteiger partial charge in [0.05, 0.1) is 24.7 Å².